The van der Waals surface area contributed by atoms with Crippen molar-refractivity contribution in [3.8, 4) is 0 Å². The quantitative estimate of drug-likeness (QED) is 0.477. The van der Waals surface area contributed by atoms with Gasteiger partial charge in [0.25, 0.3) is 0 Å². The predicted octanol–water partition coefficient (Wildman–Crippen LogP) is 1.83. The van der Waals surface area contributed by atoms with Crippen molar-refractivity contribution in [3.05, 3.63) is 0 Å². The van der Waals surface area contributed by atoms with Crippen LogP contribution in [0.1, 0.15) is 33.6 Å². The second-order valence-electron chi connectivity index (χ2n) is 4.70. The van der Waals surface area contributed by atoms with Crippen LogP contribution in [0.25, 0.3) is 0 Å². The lowest BCUT2D eigenvalue weighted by molar-refractivity contribution is 0.150. The van der Waals surface area contributed by atoms with Crippen LogP contribution >= 0.6 is 0 Å². The van der Waals surface area contributed by atoms with Crippen LogP contribution < -0.4 is 0 Å². The molecule has 1 aliphatic rings. The maximum atomic E-state index is 5.76. The zero-order valence-corrected chi connectivity index (χ0v) is 7.93. The third kappa shape index (κ3) is 2.51. The average molecular weight is 151 g/mol. The van der Waals surface area contributed by atoms with Gasteiger partial charge in [-0.2, -0.15) is 0 Å². The van der Waals surface area contributed by atoms with Gasteiger partial charge < -0.3 is 4.81 Å². The highest BCUT2D eigenvalue weighted by Crippen LogP contribution is 2.32. The normalized spacial score (nSPS) is 28.8. The zero-order valence-electron chi connectivity index (χ0n) is 7.93. The van der Waals surface area contributed by atoms with Crippen LogP contribution in [0.4, 0.5) is 0 Å². The van der Waals surface area contributed by atoms with Crippen molar-refractivity contribution in [1.82, 2.24) is 4.81 Å². The fourth-order valence-electron chi connectivity index (χ4n) is 1.71. The molecule has 0 amide bonds. The van der Waals surface area contributed by atoms with Crippen molar-refractivity contribution in [2.24, 2.45) is 11.3 Å². The lowest BCUT2D eigenvalue weighted by atomic mass is 9.76. The molecule has 0 saturated carbocycles. The first-order valence-corrected chi connectivity index (χ1v) is 4.50. The van der Waals surface area contributed by atoms with E-state index in [4.69, 9.17) is 7.98 Å². The second kappa shape index (κ2) is 3.18. The molecule has 0 aromatic carbocycles. The number of nitrogens with zero attached hydrogens (tertiary/aromatic N) is 1. The molecule has 0 bridgehead atoms. The summed E-state index contributed by atoms with van der Waals surface area (Å²) in [6, 6.07) is 0. The van der Waals surface area contributed by atoms with Gasteiger partial charge in [0, 0.05) is 0 Å². The Morgan fingerprint density at radius 1 is 1.36 bits per heavy atom. The Bertz CT molecular complexity index is 128. The smallest absolute Gasteiger partial charge is 0.182 e. The van der Waals surface area contributed by atoms with Crippen molar-refractivity contribution in [2.75, 3.05) is 13.1 Å². The van der Waals surface area contributed by atoms with Crippen molar-refractivity contribution in [2.45, 2.75) is 33.6 Å². The van der Waals surface area contributed by atoms with E-state index in [9.17, 15) is 0 Å². The van der Waals surface area contributed by atoms with Gasteiger partial charge in [-0.05, 0) is 37.3 Å². The minimum atomic E-state index is 0.429. The van der Waals surface area contributed by atoms with Gasteiger partial charge in [-0.15, -0.1) is 0 Å². The fourth-order valence-corrected chi connectivity index (χ4v) is 1.71. The Labute approximate surface area is 71.6 Å². The van der Waals surface area contributed by atoms with Crippen LogP contribution in [0, 0.1) is 11.3 Å². The van der Waals surface area contributed by atoms with Crippen LogP contribution in [0.3, 0.4) is 0 Å². The molecule has 62 valence electrons. The van der Waals surface area contributed by atoms with Gasteiger partial charge in [0.2, 0.25) is 0 Å². The average Bonchev–Trinajstić information content (AvgIpc) is 1.86. The summed E-state index contributed by atoms with van der Waals surface area (Å²) >= 11 is 0. The summed E-state index contributed by atoms with van der Waals surface area (Å²) in [5.74, 6) is 0.779. The highest BCUT2D eigenvalue weighted by atomic mass is 15.0. The SMILES string of the molecule is [B]N1CCCC(C(C)(C)C)C1. The van der Waals surface area contributed by atoms with E-state index in [1.807, 2.05) is 4.81 Å². The van der Waals surface area contributed by atoms with Crippen molar-refractivity contribution >= 4 is 7.98 Å². The molecular weight excluding hydrogens is 133 g/mol. The molecule has 1 aliphatic heterocycles. The summed E-state index contributed by atoms with van der Waals surface area (Å²) in [4.78, 5) is 1.96. The molecular formula is C9H18BN. The summed E-state index contributed by atoms with van der Waals surface area (Å²) < 4.78 is 0. The van der Waals surface area contributed by atoms with E-state index >= 15 is 0 Å². The van der Waals surface area contributed by atoms with E-state index in [0.717, 1.165) is 19.0 Å². The Balaban J connectivity index is 2.46. The third-order valence-electron chi connectivity index (χ3n) is 2.68. The molecule has 1 fully saturated rings. The second-order valence-corrected chi connectivity index (χ2v) is 4.70. The summed E-state index contributed by atoms with van der Waals surface area (Å²) in [5.41, 5.74) is 0.429. The van der Waals surface area contributed by atoms with E-state index < -0.39 is 0 Å². The van der Waals surface area contributed by atoms with Crippen molar-refractivity contribution in [1.29, 1.82) is 0 Å². The van der Waals surface area contributed by atoms with Crippen LogP contribution in [0.5, 0.6) is 0 Å². The first-order valence-electron chi connectivity index (χ1n) is 4.50. The number of hydrogen-bond acceptors (Lipinski definition) is 1. The topological polar surface area (TPSA) is 3.24 Å². The molecule has 2 radical (unpaired) electrons. The first kappa shape index (κ1) is 9.12. The monoisotopic (exact) mass is 151 g/mol. The molecule has 11 heavy (non-hydrogen) atoms. The van der Waals surface area contributed by atoms with Crippen LogP contribution in [0.2, 0.25) is 0 Å². The maximum absolute atomic E-state index is 5.76. The van der Waals surface area contributed by atoms with Gasteiger partial charge in [0.1, 0.15) is 0 Å². The summed E-state index contributed by atoms with van der Waals surface area (Å²) in [6.45, 7) is 9.06. The van der Waals surface area contributed by atoms with Gasteiger partial charge in [-0.1, -0.05) is 20.8 Å². The van der Waals surface area contributed by atoms with Crippen LogP contribution in [-0.4, -0.2) is 25.9 Å². The van der Waals surface area contributed by atoms with Crippen molar-refractivity contribution in [3.63, 3.8) is 0 Å². The highest BCUT2D eigenvalue weighted by Gasteiger charge is 2.27. The van der Waals surface area contributed by atoms with Crippen LogP contribution in [0.15, 0.2) is 0 Å². The Hall–Kier alpha value is 0.0249. The Morgan fingerprint density at radius 2 is 2.00 bits per heavy atom. The lowest BCUT2D eigenvalue weighted by Gasteiger charge is -2.38. The van der Waals surface area contributed by atoms with Crippen LogP contribution in [-0.2, 0) is 0 Å². The fraction of sp³-hybridized carbons (Fsp3) is 1.00. The van der Waals surface area contributed by atoms with Gasteiger partial charge in [0.05, 0.1) is 0 Å². The molecule has 1 nitrogen and oxygen atoms in total. The number of piperidine rings is 1. The van der Waals surface area contributed by atoms with Gasteiger partial charge in [-0.3, -0.25) is 0 Å². The van der Waals surface area contributed by atoms with Gasteiger partial charge in [-0.25, -0.2) is 0 Å². The van der Waals surface area contributed by atoms with Gasteiger partial charge >= 0.3 is 0 Å². The standard InChI is InChI=1S/C9H18BN/c1-9(2,3)8-5-4-6-11(10)7-8/h8H,4-7H2,1-3H3. The molecule has 0 aromatic rings. The minimum Gasteiger partial charge on any atom is -0.353 e. The molecule has 1 saturated heterocycles. The van der Waals surface area contributed by atoms with E-state index in [1.54, 1.807) is 0 Å². The third-order valence-corrected chi connectivity index (χ3v) is 2.68. The largest absolute Gasteiger partial charge is 0.353 e. The molecule has 0 aromatic heterocycles. The van der Waals surface area contributed by atoms with E-state index in [1.165, 1.54) is 12.8 Å². The maximum Gasteiger partial charge on any atom is 0.182 e. The number of hydrogen-bond donors (Lipinski definition) is 0. The molecule has 2 heteroatoms. The Kier molecular flexibility index (Phi) is 2.63. The van der Waals surface area contributed by atoms with E-state index in [0.29, 0.717) is 5.41 Å². The highest BCUT2D eigenvalue weighted by molar-refractivity contribution is 6.04. The molecule has 1 rings (SSSR count). The molecule has 1 heterocycles. The summed E-state index contributed by atoms with van der Waals surface area (Å²) in [5, 5.41) is 0. The lowest BCUT2D eigenvalue weighted by Crippen LogP contribution is -2.39. The predicted molar refractivity (Wildman–Crippen MR) is 49.5 cm³/mol. The zero-order chi connectivity index (χ0) is 8.48. The molecule has 0 aliphatic carbocycles. The Morgan fingerprint density at radius 3 is 2.36 bits per heavy atom. The number of rotatable bonds is 0. The molecule has 1 unspecified atom stereocenters. The minimum absolute atomic E-state index is 0.429. The molecule has 0 N–H and O–H groups in total. The van der Waals surface area contributed by atoms with Crippen molar-refractivity contribution < 1.29 is 0 Å². The summed E-state index contributed by atoms with van der Waals surface area (Å²) in [6.07, 6.45) is 2.61. The first-order chi connectivity index (χ1) is 5.00. The summed E-state index contributed by atoms with van der Waals surface area (Å²) in [7, 11) is 5.76. The van der Waals surface area contributed by atoms with Gasteiger partial charge in [0.15, 0.2) is 7.98 Å². The van der Waals surface area contributed by atoms with E-state index in [2.05, 4.69) is 20.8 Å². The van der Waals surface area contributed by atoms with E-state index in [-0.39, 0.29) is 0 Å². The molecule has 0 spiro atoms. The molecule has 1 atom stereocenters.